The van der Waals surface area contributed by atoms with E-state index in [1.807, 2.05) is 29.6 Å². The Morgan fingerprint density at radius 3 is 3.11 bits per heavy atom. The minimum absolute atomic E-state index is 0.0569. The summed E-state index contributed by atoms with van der Waals surface area (Å²) in [6.45, 7) is 1.85. The molecule has 0 bridgehead atoms. The van der Waals surface area contributed by atoms with E-state index >= 15 is 0 Å². The summed E-state index contributed by atoms with van der Waals surface area (Å²) in [6, 6.07) is 10.1. The summed E-state index contributed by atoms with van der Waals surface area (Å²) in [7, 11) is 0. The Hall–Kier alpha value is -1.65. The number of hydrogen-bond donors (Lipinski definition) is 2. The van der Waals surface area contributed by atoms with Crippen molar-refractivity contribution >= 4 is 22.9 Å². The van der Waals surface area contributed by atoms with Crippen molar-refractivity contribution in [3.8, 4) is 0 Å². The minimum atomic E-state index is 0.0569. The lowest BCUT2D eigenvalue weighted by atomic mass is 9.99. The zero-order valence-corrected chi connectivity index (χ0v) is 11.4. The van der Waals surface area contributed by atoms with Gasteiger partial charge in [-0.2, -0.15) is 0 Å². The highest BCUT2D eigenvalue weighted by molar-refractivity contribution is 7.10. The fourth-order valence-corrected chi connectivity index (χ4v) is 3.10. The van der Waals surface area contributed by atoms with Crippen LogP contribution < -0.4 is 10.6 Å². The normalized spacial score (nSPS) is 13.9. The van der Waals surface area contributed by atoms with Gasteiger partial charge in [-0.25, -0.2) is 0 Å². The van der Waals surface area contributed by atoms with E-state index in [2.05, 4.69) is 16.7 Å². The molecule has 2 aromatic rings. The van der Waals surface area contributed by atoms with E-state index < -0.39 is 0 Å². The molecule has 0 spiro atoms. The molecule has 0 fully saturated rings. The number of amides is 1. The summed E-state index contributed by atoms with van der Waals surface area (Å²) in [5, 5.41) is 8.38. The zero-order chi connectivity index (χ0) is 13.1. The van der Waals surface area contributed by atoms with Gasteiger partial charge in [-0.15, -0.1) is 11.3 Å². The molecule has 1 aromatic heterocycles. The second-order valence-corrected chi connectivity index (χ2v) is 5.71. The molecule has 19 heavy (non-hydrogen) atoms. The van der Waals surface area contributed by atoms with E-state index in [4.69, 9.17) is 0 Å². The lowest BCUT2D eigenvalue weighted by molar-refractivity contribution is -0.115. The monoisotopic (exact) mass is 272 g/mol. The number of rotatable bonds is 3. The molecular formula is C15H16N2OS. The van der Waals surface area contributed by atoms with Gasteiger partial charge in [0.1, 0.15) is 0 Å². The van der Waals surface area contributed by atoms with Crippen LogP contribution in [0.25, 0.3) is 0 Å². The van der Waals surface area contributed by atoms with Crippen LogP contribution in [0.15, 0.2) is 35.7 Å². The number of carbonyl (C=O) groups excluding carboxylic acids is 1. The maximum atomic E-state index is 12.0. The van der Waals surface area contributed by atoms with Gasteiger partial charge in [0.15, 0.2) is 0 Å². The van der Waals surface area contributed by atoms with Crippen molar-refractivity contribution in [2.75, 3.05) is 11.9 Å². The molecule has 2 heterocycles. The topological polar surface area (TPSA) is 41.1 Å². The van der Waals surface area contributed by atoms with Crippen molar-refractivity contribution in [3.63, 3.8) is 0 Å². The first kappa shape index (κ1) is 12.4. The first-order valence-corrected chi connectivity index (χ1v) is 7.34. The number of anilines is 1. The Kier molecular flexibility index (Phi) is 3.62. The van der Waals surface area contributed by atoms with Crippen LogP contribution in [0.2, 0.25) is 0 Å². The van der Waals surface area contributed by atoms with Crippen LogP contribution in [-0.2, 0) is 24.2 Å². The van der Waals surface area contributed by atoms with Gasteiger partial charge in [-0.3, -0.25) is 4.79 Å². The number of carbonyl (C=O) groups is 1. The molecule has 0 aliphatic carbocycles. The quantitative estimate of drug-likeness (QED) is 0.901. The van der Waals surface area contributed by atoms with Crippen LogP contribution in [0, 0.1) is 0 Å². The van der Waals surface area contributed by atoms with Crippen LogP contribution in [0.5, 0.6) is 0 Å². The Balaban J connectivity index is 1.74. The number of hydrogen-bond acceptors (Lipinski definition) is 3. The van der Waals surface area contributed by atoms with E-state index in [0.29, 0.717) is 6.42 Å². The van der Waals surface area contributed by atoms with Crippen molar-refractivity contribution in [1.29, 1.82) is 0 Å². The van der Waals surface area contributed by atoms with E-state index in [-0.39, 0.29) is 5.91 Å². The molecule has 0 saturated heterocycles. The summed E-state index contributed by atoms with van der Waals surface area (Å²) in [5.74, 6) is 0.0569. The van der Waals surface area contributed by atoms with E-state index in [1.54, 1.807) is 11.3 Å². The average Bonchev–Trinajstić information content (AvgIpc) is 2.92. The molecule has 3 rings (SSSR count). The largest absolute Gasteiger partial charge is 0.325 e. The van der Waals surface area contributed by atoms with Gasteiger partial charge in [-0.1, -0.05) is 18.2 Å². The van der Waals surface area contributed by atoms with Gasteiger partial charge in [0.05, 0.1) is 6.42 Å². The van der Waals surface area contributed by atoms with Gasteiger partial charge in [0, 0.05) is 17.1 Å². The molecule has 0 saturated carbocycles. The van der Waals surface area contributed by atoms with Crippen molar-refractivity contribution in [1.82, 2.24) is 5.32 Å². The van der Waals surface area contributed by atoms with E-state index in [0.717, 1.165) is 30.1 Å². The van der Waals surface area contributed by atoms with Gasteiger partial charge in [0.25, 0.3) is 0 Å². The van der Waals surface area contributed by atoms with Crippen molar-refractivity contribution in [3.05, 3.63) is 51.7 Å². The summed E-state index contributed by atoms with van der Waals surface area (Å²) >= 11 is 1.62. The predicted octanol–water partition coefficient (Wildman–Crippen LogP) is 2.58. The van der Waals surface area contributed by atoms with Crippen molar-refractivity contribution in [2.24, 2.45) is 0 Å². The highest BCUT2D eigenvalue weighted by Crippen LogP contribution is 2.23. The van der Waals surface area contributed by atoms with Crippen molar-refractivity contribution < 1.29 is 4.79 Å². The first-order chi connectivity index (χ1) is 9.33. The highest BCUT2D eigenvalue weighted by atomic mass is 32.1. The fraction of sp³-hybridized carbons (Fsp3) is 0.267. The third-order valence-electron chi connectivity index (χ3n) is 3.33. The Morgan fingerprint density at radius 1 is 1.32 bits per heavy atom. The van der Waals surface area contributed by atoms with Crippen LogP contribution >= 0.6 is 11.3 Å². The average molecular weight is 272 g/mol. The lowest BCUT2D eigenvalue weighted by Crippen LogP contribution is -2.25. The molecular weight excluding hydrogens is 256 g/mol. The molecule has 98 valence electrons. The molecule has 0 radical (unpaired) electrons. The number of fused-ring (bicyclic) bond motifs is 1. The summed E-state index contributed by atoms with van der Waals surface area (Å²) in [5.41, 5.74) is 3.52. The van der Waals surface area contributed by atoms with E-state index in [9.17, 15) is 4.79 Å². The Labute approximate surface area is 116 Å². The fourth-order valence-electron chi connectivity index (χ4n) is 2.40. The molecule has 3 nitrogen and oxygen atoms in total. The van der Waals surface area contributed by atoms with Gasteiger partial charge >= 0.3 is 0 Å². The smallest absolute Gasteiger partial charge is 0.229 e. The van der Waals surface area contributed by atoms with Crippen molar-refractivity contribution in [2.45, 2.75) is 19.4 Å². The van der Waals surface area contributed by atoms with E-state index in [1.165, 1.54) is 11.1 Å². The van der Waals surface area contributed by atoms with Crippen LogP contribution in [0.4, 0.5) is 5.69 Å². The third-order valence-corrected chi connectivity index (χ3v) is 4.21. The van der Waals surface area contributed by atoms with Gasteiger partial charge in [0.2, 0.25) is 5.91 Å². The summed E-state index contributed by atoms with van der Waals surface area (Å²) in [4.78, 5) is 13.1. The van der Waals surface area contributed by atoms with Crippen LogP contribution in [-0.4, -0.2) is 12.5 Å². The minimum Gasteiger partial charge on any atom is -0.325 e. The molecule has 4 heteroatoms. The molecule has 1 aliphatic heterocycles. The Morgan fingerprint density at radius 2 is 2.26 bits per heavy atom. The zero-order valence-electron chi connectivity index (χ0n) is 10.6. The standard InChI is InChI=1S/C15H16N2OS/c18-15(9-12-4-2-8-19-12)17-14-5-1-3-11-6-7-16-10-13(11)14/h1-5,8,16H,6-7,9-10H2,(H,17,18). The number of benzene rings is 1. The van der Waals surface area contributed by atoms with Crippen LogP contribution in [0.3, 0.4) is 0 Å². The highest BCUT2D eigenvalue weighted by Gasteiger charge is 2.14. The number of nitrogens with one attached hydrogen (secondary N) is 2. The molecule has 1 aromatic carbocycles. The molecule has 1 aliphatic rings. The predicted molar refractivity (Wildman–Crippen MR) is 78.5 cm³/mol. The second-order valence-electron chi connectivity index (χ2n) is 4.67. The maximum absolute atomic E-state index is 12.0. The molecule has 1 amide bonds. The first-order valence-electron chi connectivity index (χ1n) is 6.46. The number of thiophene rings is 1. The summed E-state index contributed by atoms with van der Waals surface area (Å²) in [6.07, 6.45) is 1.48. The second kappa shape index (κ2) is 5.55. The third kappa shape index (κ3) is 2.85. The molecule has 0 atom stereocenters. The van der Waals surface area contributed by atoms with Gasteiger partial charge in [-0.05, 0) is 41.6 Å². The SMILES string of the molecule is O=C(Cc1cccs1)Nc1cccc2c1CNCC2. The Bertz CT molecular complexity index is 578. The lowest BCUT2D eigenvalue weighted by Gasteiger charge is -2.20. The molecule has 0 unspecified atom stereocenters. The molecule has 2 N–H and O–H groups in total. The summed E-state index contributed by atoms with van der Waals surface area (Å²) < 4.78 is 0. The maximum Gasteiger partial charge on any atom is 0.229 e. The van der Waals surface area contributed by atoms with Crippen LogP contribution in [0.1, 0.15) is 16.0 Å². The van der Waals surface area contributed by atoms with Gasteiger partial charge < -0.3 is 10.6 Å².